The van der Waals surface area contributed by atoms with E-state index in [0.29, 0.717) is 31.1 Å². The van der Waals surface area contributed by atoms with Gasteiger partial charge in [0.1, 0.15) is 5.82 Å². The van der Waals surface area contributed by atoms with Crippen molar-refractivity contribution in [3.8, 4) is 0 Å². The molecule has 0 spiro atoms. The van der Waals surface area contributed by atoms with Crippen LogP contribution in [0.15, 0.2) is 60.9 Å². The number of ether oxygens (including phenoxy) is 1. The summed E-state index contributed by atoms with van der Waals surface area (Å²) in [5.41, 5.74) is 2.33. The number of benzene rings is 2. The van der Waals surface area contributed by atoms with Gasteiger partial charge in [0.25, 0.3) is 0 Å². The van der Waals surface area contributed by atoms with Crippen molar-refractivity contribution in [3.63, 3.8) is 0 Å². The molecule has 1 aromatic heterocycles. The summed E-state index contributed by atoms with van der Waals surface area (Å²) in [7, 11) is 0. The second-order valence-electron chi connectivity index (χ2n) is 7.45. The Labute approximate surface area is 175 Å². The highest BCUT2D eigenvalue weighted by Crippen LogP contribution is 2.36. The van der Waals surface area contributed by atoms with E-state index >= 15 is 0 Å². The average Bonchev–Trinajstić information content (AvgIpc) is 3.15. The molecule has 29 heavy (non-hydrogen) atoms. The maximum absolute atomic E-state index is 13.3. The maximum atomic E-state index is 13.3. The molecule has 5 nitrogen and oxygen atoms in total. The van der Waals surface area contributed by atoms with Gasteiger partial charge in [-0.1, -0.05) is 35.9 Å². The summed E-state index contributed by atoms with van der Waals surface area (Å²) >= 11 is 6.05. The summed E-state index contributed by atoms with van der Waals surface area (Å²) in [4.78, 5) is 17.6. The van der Waals surface area contributed by atoms with E-state index in [9.17, 15) is 4.79 Å². The first-order valence-corrected chi connectivity index (χ1v) is 10.2. The largest absolute Gasteiger partial charge is 0.381 e. The van der Waals surface area contributed by atoms with E-state index in [0.717, 1.165) is 29.2 Å². The Morgan fingerprint density at radius 3 is 2.45 bits per heavy atom. The van der Waals surface area contributed by atoms with Gasteiger partial charge in [-0.3, -0.25) is 4.79 Å². The maximum Gasteiger partial charge on any atom is 0.235 e. The number of rotatable bonds is 5. The number of hydrogen-bond acceptors (Lipinski definition) is 3. The number of amides is 1. The molecular weight excluding hydrogens is 386 g/mol. The van der Waals surface area contributed by atoms with Gasteiger partial charge < -0.3 is 14.6 Å². The fourth-order valence-electron chi connectivity index (χ4n) is 3.85. The van der Waals surface area contributed by atoms with Crippen LogP contribution in [0.5, 0.6) is 0 Å². The first-order chi connectivity index (χ1) is 14.1. The quantitative estimate of drug-likeness (QED) is 0.671. The number of imidazole rings is 1. The van der Waals surface area contributed by atoms with Gasteiger partial charge in [0.15, 0.2) is 0 Å². The van der Waals surface area contributed by atoms with E-state index in [1.165, 1.54) is 0 Å². The molecule has 3 aromatic rings. The molecule has 0 atom stereocenters. The van der Waals surface area contributed by atoms with Crippen LogP contribution in [0.3, 0.4) is 0 Å². The third-order valence-corrected chi connectivity index (χ3v) is 5.92. The van der Waals surface area contributed by atoms with E-state index < -0.39 is 5.41 Å². The summed E-state index contributed by atoms with van der Waals surface area (Å²) < 4.78 is 7.62. The Morgan fingerprint density at radius 1 is 1.14 bits per heavy atom. The molecule has 0 radical (unpaired) electrons. The van der Waals surface area contributed by atoms with Crippen LogP contribution in [0.25, 0.3) is 0 Å². The molecule has 1 fully saturated rings. The fourth-order valence-corrected chi connectivity index (χ4v) is 3.97. The number of halogens is 1. The molecule has 0 saturated carbocycles. The van der Waals surface area contributed by atoms with Crippen LogP contribution in [0.4, 0.5) is 5.69 Å². The minimum absolute atomic E-state index is 0.00123. The highest BCUT2D eigenvalue weighted by atomic mass is 35.5. The minimum Gasteiger partial charge on any atom is -0.381 e. The Kier molecular flexibility index (Phi) is 5.69. The van der Waals surface area contributed by atoms with Crippen molar-refractivity contribution in [1.29, 1.82) is 0 Å². The molecule has 1 saturated heterocycles. The lowest BCUT2D eigenvalue weighted by molar-refractivity contribution is -0.125. The zero-order valence-corrected chi connectivity index (χ0v) is 17.2. The summed E-state index contributed by atoms with van der Waals surface area (Å²) in [6.07, 6.45) is 5.07. The number of nitrogens with zero attached hydrogens (tertiary/aromatic N) is 2. The zero-order chi connectivity index (χ0) is 20.3. The van der Waals surface area contributed by atoms with Crippen LogP contribution in [-0.4, -0.2) is 28.7 Å². The summed E-state index contributed by atoms with van der Waals surface area (Å²) in [6.45, 7) is 3.88. The molecule has 2 aromatic carbocycles. The smallest absolute Gasteiger partial charge is 0.235 e. The third-order valence-electron chi connectivity index (χ3n) is 5.67. The highest BCUT2D eigenvalue weighted by molar-refractivity contribution is 6.30. The van der Waals surface area contributed by atoms with E-state index in [-0.39, 0.29) is 5.91 Å². The zero-order valence-electron chi connectivity index (χ0n) is 16.4. The van der Waals surface area contributed by atoms with Crippen molar-refractivity contribution < 1.29 is 9.53 Å². The minimum atomic E-state index is -0.602. The number of hydrogen-bond donors (Lipinski definition) is 1. The first-order valence-electron chi connectivity index (χ1n) is 9.79. The SMILES string of the molecule is Cc1nccn1Cc1ccc(NC(=O)C2(c3ccc(Cl)cc3)CCOCC2)cc1. The molecule has 150 valence electrons. The van der Waals surface area contributed by atoms with Gasteiger partial charge in [0, 0.05) is 42.9 Å². The Hall–Kier alpha value is -2.63. The number of aryl methyl sites for hydroxylation is 1. The van der Waals surface area contributed by atoms with Crippen molar-refractivity contribution in [2.75, 3.05) is 18.5 Å². The van der Waals surface area contributed by atoms with Gasteiger partial charge in [-0.25, -0.2) is 4.98 Å². The molecule has 4 rings (SSSR count). The summed E-state index contributed by atoms with van der Waals surface area (Å²) in [5, 5.41) is 3.78. The number of nitrogens with one attached hydrogen (secondary N) is 1. The molecule has 0 aliphatic carbocycles. The van der Waals surface area contributed by atoms with Crippen LogP contribution in [0, 0.1) is 6.92 Å². The second-order valence-corrected chi connectivity index (χ2v) is 7.89. The summed E-state index contributed by atoms with van der Waals surface area (Å²) in [5.74, 6) is 0.980. The predicted molar refractivity (Wildman–Crippen MR) is 114 cm³/mol. The normalized spacial score (nSPS) is 15.8. The number of carbonyl (C=O) groups is 1. The Balaban J connectivity index is 1.51. The number of aromatic nitrogens is 2. The van der Waals surface area contributed by atoms with Gasteiger partial charge in [-0.05, 0) is 55.2 Å². The van der Waals surface area contributed by atoms with Crippen molar-refractivity contribution in [3.05, 3.63) is 82.9 Å². The van der Waals surface area contributed by atoms with Crippen LogP contribution >= 0.6 is 11.6 Å². The molecule has 0 unspecified atom stereocenters. The van der Waals surface area contributed by atoms with Crippen molar-refractivity contribution >= 4 is 23.2 Å². The van der Waals surface area contributed by atoms with Crippen molar-refractivity contribution in [2.45, 2.75) is 31.7 Å². The van der Waals surface area contributed by atoms with Gasteiger partial charge in [-0.2, -0.15) is 0 Å². The number of anilines is 1. The van der Waals surface area contributed by atoms with E-state index in [1.807, 2.05) is 61.7 Å². The topological polar surface area (TPSA) is 56.2 Å². The predicted octanol–water partition coefficient (Wildman–Crippen LogP) is 4.58. The van der Waals surface area contributed by atoms with Gasteiger partial charge in [0.05, 0.1) is 5.41 Å². The summed E-state index contributed by atoms with van der Waals surface area (Å²) in [6, 6.07) is 15.6. The Morgan fingerprint density at radius 2 is 1.83 bits per heavy atom. The van der Waals surface area contributed by atoms with Crippen LogP contribution < -0.4 is 5.32 Å². The third kappa shape index (κ3) is 4.21. The van der Waals surface area contributed by atoms with Crippen LogP contribution in [0.2, 0.25) is 5.02 Å². The fraction of sp³-hybridized carbons (Fsp3) is 0.304. The molecule has 6 heteroatoms. The standard InChI is InChI=1S/C23H24ClN3O2/c1-17-25-12-13-27(17)16-18-2-8-21(9-3-18)26-22(28)23(10-14-29-15-11-23)19-4-6-20(24)7-5-19/h2-9,12-13H,10-11,14-16H2,1H3,(H,26,28). The average molecular weight is 410 g/mol. The molecule has 1 N–H and O–H groups in total. The second kappa shape index (κ2) is 8.39. The van der Waals surface area contributed by atoms with Crippen molar-refractivity contribution in [1.82, 2.24) is 9.55 Å². The first kappa shape index (κ1) is 19.7. The lowest BCUT2D eigenvalue weighted by Gasteiger charge is -2.36. The molecule has 1 aliphatic heterocycles. The molecule has 2 heterocycles. The highest BCUT2D eigenvalue weighted by Gasteiger charge is 2.41. The monoisotopic (exact) mass is 409 g/mol. The van der Waals surface area contributed by atoms with Gasteiger partial charge in [-0.15, -0.1) is 0 Å². The van der Waals surface area contributed by atoms with Crippen LogP contribution in [-0.2, 0) is 21.5 Å². The van der Waals surface area contributed by atoms with E-state index in [2.05, 4.69) is 14.9 Å². The van der Waals surface area contributed by atoms with E-state index in [1.54, 1.807) is 6.20 Å². The molecule has 1 aliphatic rings. The molecular formula is C23H24ClN3O2. The molecule has 1 amide bonds. The lowest BCUT2D eigenvalue weighted by atomic mass is 9.73. The molecule has 0 bridgehead atoms. The Bertz CT molecular complexity index is 974. The van der Waals surface area contributed by atoms with Crippen LogP contribution in [0.1, 0.15) is 29.8 Å². The number of carbonyl (C=O) groups excluding carboxylic acids is 1. The lowest BCUT2D eigenvalue weighted by Crippen LogP contribution is -2.44. The van der Waals surface area contributed by atoms with Gasteiger partial charge >= 0.3 is 0 Å². The van der Waals surface area contributed by atoms with E-state index in [4.69, 9.17) is 16.3 Å². The van der Waals surface area contributed by atoms with Gasteiger partial charge in [0.2, 0.25) is 5.91 Å². The van der Waals surface area contributed by atoms with Crippen molar-refractivity contribution in [2.24, 2.45) is 0 Å².